The van der Waals surface area contributed by atoms with E-state index in [9.17, 15) is 9.59 Å². The van der Waals surface area contributed by atoms with Crippen molar-refractivity contribution in [3.8, 4) is 5.69 Å². The minimum atomic E-state index is -0.975. The summed E-state index contributed by atoms with van der Waals surface area (Å²) in [6, 6.07) is 15.5. The molecule has 0 spiro atoms. The maximum absolute atomic E-state index is 13.0. The van der Waals surface area contributed by atoms with Crippen molar-refractivity contribution in [1.82, 2.24) is 25.3 Å². The van der Waals surface area contributed by atoms with Gasteiger partial charge in [-0.25, -0.2) is 9.48 Å². The normalized spacial score (nSPS) is 11.8. The molecule has 1 atom stereocenters. The predicted molar refractivity (Wildman–Crippen MR) is 118 cm³/mol. The van der Waals surface area contributed by atoms with Gasteiger partial charge in [-0.2, -0.15) is 0 Å². The zero-order chi connectivity index (χ0) is 22.0. The molecule has 0 bridgehead atoms. The van der Waals surface area contributed by atoms with Crippen molar-refractivity contribution in [2.24, 2.45) is 0 Å². The fourth-order valence-corrected chi connectivity index (χ4v) is 3.55. The van der Waals surface area contributed by atoms with E-state index in [1.165, 1.54) is 7.11 Å². The second-order valence-electron chi connectivity index (χ2n) is 6.76. The van der Waals surface area contributed by atoms with E-state index in [0.717, 1.165) is 21.1 Å². The van der Waals surface area contributed by atoms with Crippen molar-refractivity contribution in [2.45, 2.75) is 13.0 Å². The number of pyridine rings is 1. The van der Waals surface area contributed by atoms with Crippen molar-refractivity contribution in [3.05, 3.63) is 82.2 Å². The largest absolute Gasteiger partial charge is 0.467 e. The second kappa shape index (κ2) is 8.65. The lowest BCUT2D eigenvalue weighted by molar-refractivity contribution is -0.143. The van der Waals surface area contributed by atoms with Gasteiger partial charge in [-0.3, -0.25) is 9.78 Å². The summed E-state index contributed by atoms with van der Waals surface area (Å²) >= 11 is 3.36. The van der Waals surface area contributed by atoms with Crippen molar-refractivity contribution < 1.29 is 14.3 Å². The minimum absolute atomic E-state index is 0.118. The van der Waals surface area contributed by atoms with Crippen LogP contribution in [0.2, 0.25) is 0 Å². The average Bonchev–Trinajstić information content (AvgIpc) is 3.18. The third kappa shape index (κ3) is 4.04. The number of halogens is 1. The molecular formula is C22H18BrN5O3. The van der Waals surface area contributed by atoms with Gasteiger partial charge in [0.05, 0.1) is 24.0 Å². The first-order valence-electron chi connectivity index (χ1n) is 9.40. The Balaban J connectivity index is 1.67. The highest BCUT2D eigenvalue weighted by Gasteiger charge is 2.27. The van der Waals surface area contributed by atoms with Gasteiger partial charge >= 0.3 is 5.97 Å². The van der Waals surface area contributed by atoms with E-state index >= 15 is 0 Å². The van der Waals surface area contributed by atoms with Gasteiger partial charge < -0.3 is 10.1 Å². The third-order valence-corrected chi connectivity index (χ3v) is 5.40. The van der Waals surface area contributed by atoms with Gasteiger partial charge in [0.15, 0.2) is 11.7 Å². The smallest absolute Gasteiger partial charge is 0.333 e. The summed E-state index contributed by atoms with van der Waals surface area (Å²) in [5.41, 5.74) is 2.81. The first-order chi connectivity index (χ1) is 15.0. The first-order valence-corrected chi connectivity index (χ1v) is 10.2. The highest BCUT2D eigenvalue weighted by Crippen LogP contribution is 2.23. The van der Waals surface area contributed by atoms with Gasteiger partial charge in [0.2, 0.25) is 0 Å². The number of esters is 1. The molecule has 1 N–H and O–H groups in total. The van der Waals surface area contributed by atoms with E-state index in [1.807, 2.05) is 30.3 Å². The minimum Gasteiger partial charge on any atom is -0.467 e. The van der Waals surface area contributed by atoms with Gasteiger partial charge in [0.1, 0.15) is 0 Å². The van der Waals surface area contributed by atoms with E-state index in [0.29, 0.717) is 11.3 Å². The fraction of sp³-hybridized carbons (Fsp3) is 0.136. The SMILES string of the molecule is COC(=O)C(NC(=O)c1nnn(-c2cccc3ncccc23)c1C)c1ccc(Br)cc1. The van der Waals surface area contributed by atoms with E-state index in [2.05, 4.69) is 36.5 Å². The molecule has 1 amide bonds. The Morgan fingerprint density at radius 2 is 1.87 bits per heavy atom. The van der Waals surface area contributed by atoms with E-state index in [-0.39, 0.29) is 5.69 Å². The standard InChI is InChI=1S/C22H18BrN5O3/c1-13-19(21(29)25-20(22(30)31-2)14-8-10-15(23)11-9-14)26-27-28(13)18-7-3-6-17-16(18)5-4-12-24-17/h3-12,20H,1-2H3,(H,25,29). The number of amides is 1. The number of methoxy groups -OCH3 is 1. The van der Waals surface area contributed by atoms with E-state index in [4.69, 9.17) is 4.74 Å². The van der Waals surface area contributed by atoms with Crippen LogP contribution in [0.5, 0.6) is 0 Å². The molecule has 0 aliphatic rings. The topological polar surface area (TPSA) is 99.0 Å². The van der Waals surface area contributed by atoms with Crippen LogP contribution in [0.15, 0.2) is 65.3 Å². The number of aromatic nitrogens is 4. The number of nitrogens with one attached hydrogen (secondary N) is 1. The van der Waals surface area contributed by atoms with Gasteiger partial charge in [0.25, 0.3) is 5.91 Å². The highest BCUT2D eigenvalue weighted by molar-refractivity contribution is 9.10. The second-order valence-corrected chi connectivity index (χ2v) is 7.68. The monoisotopic (exact) mass is 479 g/mol. The molecule has 8 nitrogen and oxygen atoms in total. The van der Waals surface area contributed by atoms with Crippen molar-refractivity contribution in [3.63, 3.8) is 0 Å². The Bertz CT molecular complexity index is 1260. The van der Waals surface area contributed by atoms with Crippen LogP contribution >= 0.6 is 15.9 Å². The Labute approximate surface area is 186 Å². The molecule has 31 heavy (non-hydrogen) atoms. The Hall–Kier alpha value is -3.59. The Morgan fingerprint density at radius 3 is 2.61 bits per heavy atom. The Kier molecular flexibility index (Phi) is 5.77. The molecule has 0 fully saturated rings. The number of rotatable bonds is 5. The molecule has 4 rings (SSSR count). The van der Waals surface area contributed by atoms with E-state index < -0.39 is 17.9 Å². The van der Waals surface area contributed by atoms with Crippen molar-refractivity contribution in [1.29, 1.82) is 0 Å². The van der Waals surface area contributed by atoms with Gasteiger partial charge in [-0.05, 0) is 48.9 Å². The summed E-state index contributed by atoms with van der Waals surface area (Å²) in [5, 5.41) is 11.8. The number of nitrogens with zero attached hydrogens (tertiary/aromatic N) is 4. The van der Waals surface area contributed by atoms with Crippen LogP contribution < -0.4 is 5.32 Å². The number of carbonyl (C=O) groups excluding carboxylic acids is 2. The zero-order valence-corrected chi connectivity index (χ0v) is 18.3. The van der Waals surface area contributed by atoms with Crippen molar-refractivity contribution in [2.75, 3.05) is 7.11 Å². The van der Waals surface area contributed by atoms with Crippen LogP contribution in [0.1, 0.15) is 27.8 Å². The molecule has 0 radical (unpaired) electrons. The third-order valence-electron chi connectivity index (χ3n) is 4.88. The molecule has 2 aromatic carbocycles. The summed E-state index contributed by atoms with van der Waals surface area (Å²) in [6.45, 7) is 1.75. The van der Waals surface area contributed by atoms with Crippen LogP contribution in [-0.2, 0) is 9.53 Å². The van der Waals surface area contributed by atoms with Crippen LogP contribution in [-0.4, -0.2) is 39.0 Å². The van der Waals surface area contributed by atoms with Gasteiger partial charge in [-0.1, -0.05) is 39.3 Å². The molecule has 4 aromatic rings. The molecule has 0 saturated heterocycles. The summed E-state index contributed by atoms with van der Waals surface area (Å²) in [6.07, 6.45) is 1.72. The average molecular weight is 480 g/mol. The fourth-order valence-electron chi connectivity index (χ4n) is 3.29. The first kappa shape index (κ1) is 20.7. The molecule has 0 saturated carbocycles. The molecule has 156 valence electrons. The van der Waals surface area contributed by atoms with E-state index in [1.54, 1.807) is 42.1 Å². The molecule has 1 unspecified atom stereocenters. The molecule has 9 heteroatoms. The molecule has 2 heterocycles. The lowest BCUT2D eigenvalue weighted by atomic mass is 10.1. The Morgan fingerprint density at radius 1 is 1.10 bits per heavy atom. The highest BCUT2D eigenvalue weighted by atomic mass is 79.9. The maximum atomic E-state index is 13.0. The molecule has 2 aromatic heterocycles. The summed E-state index contributed by atoms with van der Waals surface area (Å²) in [4.78, 5) is 29.7. The zero-order valence-electron chi connectivity index (χ0n) is 16.7. The van der Waals surface area contributed by atoms with Crippen LogP contribution in [0.3, 0.4) is 0 Å². The number of hydrogen-bond acceptors (Lipinski definition) is 6. The maximum Gasteiger partial charge on any atom is 0.333 e. The lowest BCUT2D eigenvalue weighted by Gasteiger charge is -2.16. The lowest BCUT2D eigenvalue weighted by Crippen LogP contribution is -2.35. The van der Waals surface area contributed by atoms with Crippen LogP contribution in [0, 0.1) is 6.92 Å². The quantitative estimate of drug-likeness (QED) is 0.439. The number of carbonyl (C=O) groups is 2. The summed E-state index contributed by atoms with van der Waals surface area (Å²) in [5.74, 6) is -1.11. The summed E-state index contributed by atoms with van der Waals surface area (Å²) < 4.78 is 7.32. The number of ether oxygens (including phenoxy) is 1. The molecule has 0 aliphatic carbocycles. The molecular weight excluding hydrogens is 462 g/mol. The van der Waals surface area contributed by atoms with Crippen LogP contribution in [0.4, 0.5) is 0 Å². The van der Waals surface area contributed by atoms with Crippen molar-refractivity contribution >= 4 is 38.7 Å². The predicted octanol–water partition coefficient (Wildman–Crippen LogP) is 3.53. The number of hydrogen-bond donors (Lipinski definition) is 1. The van der Waals surface area contributed by atoms with Crippen LogP contribution in [0.25, 0.3) is 16.6 Å². The molecule has 0 aliphatic heterocycles. The number of benzene rings is 2. The van der Waals surface area contributed by atoms with Gasteiger partial charge in [0, 0.05) is 16.1 Å². The summed E-state index contributed by atoms with van der Waals surface area (Å²) in [7, 11) is 1.27. The number of fused-ring (bicyclic) bond motifs is 1. The van der Waals surface area contributed by atoms with Gasteiger partial charge in [-0.15, -0.1) is 5.10 Å².